The van der Waals surface area contributed by atoms with Crippen molar-refractivity contribution in [3.63, 3.8) is 0 Å². The molecule has 404 valence electrons. The monoisotopic (exact) mass is 1030 g/mol. The number of aromatic hydroxyl groups is 1. The number of carbonyl (C=O) groups is 5. The molecule has 3 aromatic carbocycles. The normalized spacial score (nSPS) is 23.4. The van der Waals surface area contributed by atoms with Gasteiger partial charge in [0.2, 0.25) is 23.6 Å². The molecule has 3 aliphatic heterocycles. The zero-order chi connectivity index (χ0) is 52.9. The number of ether oxygens (including phenoxy) is 3. The molecule has 6 aliphatic rings. The van der Waals surface area contributed by atoms with Gasteiger partial charge in [0, 0.05) is 55.6 Å². The van der Waals surface area contributed by atoms with Crippen molar-refractivity contribution in [3.05, 3.63) is 93.0 Å². The van der Waals surface area contributed by atoms with E-state index in [1.165, 1.54) is 24.0 Å². The van der Waals surface area contributed by atoms with Crippen LogP contribution in [0.2, 0.25) is 0 Å². The lowest BCUT2D eigenvalue weighted by Crippen LogP contribution is -2.78. The second-order valence-corrected chi connectivity index (χ2v) is 21.6. The topological polar surface area (TPSA) is 220 Å². The summed E-state index contributed by atoms with van der Waals surface area (Å²) in [5.74, 6) is -0.219. The van der Waals surface area contributed by atoms with Crippen molar-refractivity contribution in [2.45, 2.75) is 128 Å². The van der Waals surface area contributed by atoms with E-state index >= 15 is 0 Å². The van der Waals surface area contributed by atoms with E-state index in [4.69, 9.17) is 14.2 Å². The van der Waals surface area contributed by atoms with Gasteiger partial charge in [0.1, 0.15) is 32.5 Å². The molecule has 9 rings (SSSR count). The second-order valence-electron chi connectivity index (χ2n) is 21.6. The third kappa shape index (κ3) is 11.5. The standard InChI is InChI=1S/C58H77N7O10/c1-5-64(6-2)56(71)41-14-12-39(13-15-41)52(40-19-25-59-26-20-40)51-36(3)28-43(29-37(51)4)62-49(69)34-73-32-47(67)60-23-8-7-9-24-61-48(68)33-74-35-50(70)63-44-18-21-58(72)46-30-42-16-17-45(66)54-53(42)57(58,55(44)75-54)22-27-65(46)31-38-10-11-38/h12-17,28-29,38,44,46,55,59,66,72H,5-11,18-27,30-35H2,1-4H3,(H,60,67)(H,61,68)(H,62,69)(H,63,70)/t44?,46-,55+,57+,58-/m1/s1. The molecule has 0 aromatic heterocycles. The highest BCUT2D eigenvalue weighted by Gasteiger charge is 2.73. The molecule has 4 fully saturated rings. The van der Waals surface area contributed by atoms with Gasteiger partial charge in [-0.05, 0) is 188 Å². The molecule has 5 atom stereocenters. The molecular weight excluding hydrogens is 955 g/mol. The Morgan fingerprint density at radius 3 is 2.07 bits per heavy atom. The smallest absolute Gasteiger partial charge is 0.253 e. The van der Waals surface area contributed by atoms with Crippen molar-refractivity contribution < 1.29 is 48.4 Å². The average Bonchev–Trinajstić information content (AvgIpc) is 4.26. The fourth-order valence-corrected chi connectivity index (χ4v) is 12.9. The number of likely N-dealkylation sites (tertiary alicyclic amines) is 1. The first kappa shape index (κ1) is 54.0. The highest BCUT2D eigenvalue weighted by molar-refractivity contribution is 5.96. The van der Waals surface area contributed by atoms with Crippen LogP contribution in [0.5, 0.6) is 11.5 Å². The van der Waals surface area contributed by atoms with Crippen molar-refractivity contribution >= 4 is 40.8 Å². The van der Waals surface area contributed by atoms with E-state index in [0.29, 0.717) is 87.6 Å². The van der Waals surface area contributed by atoms with Crippen LogP contribution in [-0.4, -0.2) is 152 Å². The van der Waals surface area contributed by atoms with Crippen molar-refractivity contribution in [1.29, 1.82) is 0 Å². The van der Waals surface area contributed by atoms with Crippen molar-refractivity contribution in [2.24, 2.45) is 5.92 Å². The van der Waals surface area contributed by atoms with E-state index in [0.717, 1.165) is 78.8 Å². The van der Waals surface area contributed by atoms with Gasteiger partial charge in [0.05, 0.1) is 17.1 Å². The molecule has 2 saturated carbocycles. The third-order valence-electron chi connectivity index (χ3n) is 16.6. The summed E-state index contributed by atoms with van der Waals surface area (Å²) in [6.45, 7) is 12.7. The van der Waals surface area contributed by atoms with Crippen LogP contribution in [0, 0.1) is 19.8 Å². The molecule has 5 amide bonds. The maximum absolute atomic E-state index is 13.2. The van der Waals surface area contributed by atoms with E-state index in [1.807, 2.05) is 75.1 Å². The molecule has 3 aromatic rings. The zero-order valence-electron chi connectivity index (χ0n) is 44.2. The van der Waals surface area contributed by atoms with Crippen LogP contribution in [0.3, 0.4) is 0 Å². The summed E-state index contributed by atoms with van der Waals surface area (Å²) in [5.41, 5.74) is 8.25. The quantitative estimate of drug-likeness (QED) is 0.0638. The summed E-state index contributed by atoms with van der Waals surface area (Å²) >= 11 is 0. The highest BCUT2D eigenvalue weighted by Crippen LogP contribution is 2.65. The fraction of sp³-hybridized carbons (Fsp3) is 0.569. The van der Waals surface area contributed by atoms with E-state index in [9.17, 15) is 34.2 Å². The summed E-state index contributed by atoms with van der Waals surface area (Å²) in [5, 5.41) is 38.7. The maximum Gasteiger partial charge on any atom is 0.253 e. The molecule has 3 aliphatic carbocycles. The summed E-state index contributed by atoms with van der Waals surface area (Å²) in [6.07, 6.45) is 8.26. The van der Waals surface area contributed by atoms with Crippen LogP contribution in [-0.2, 0) is 40.5 Å². The fourth-order valence-electron chi connectivity index (χ4n) is 12.9. The van der Waals surface area contributed by atoms with Gasteiger partial charge in [0.15, 0.2) is 11.5 Å². The number of phenols is 1. The first-order valence-electron chi connectivity index (χ1n) is 27.4. The third-order valence-corrected chi connectivity index (χ3v) is 16.6. The molecule has 17 heteroatoms. The maximum atomic E-state index is 13.2. The number of amides is 5. The molecule has 2 saturated heterocycles. The van der Waals surface area contributed by atoms with Gasteiger partial charge < -0.3 is 55.9 Å². The van der Waals surface area contributed by atoms with Crippen LogP contribution in [0.25, 0.3) is 5.57 Å². The number of carbonyl (C=O) groups excluding carboxylic acids is 5. The Kier molecular flexibility index (Phi) is 17.0. The Balaban J connectivity index is 0.648. The molecule has 75 heavy (non-hydrogen) atoms. The first-order valence-corrected chi connectivity index (χ1v) is 27.4. The van der Waals surface area contributed by atoms with Gasteiger partial charge in [-0.25, -0.2) is 0 Å². The molecule has 0 radical (unpaired) electrons. The number of phenolic OH excluding ortho intramolecular Hbond substituents is 1. The summed E-state index contributed by atoms with van der Waals surface area (Å²) < 4.78 is 17.5. The van der Waals surface area contributed by atoms with Gasteiger partial charge in [-0.15, -0.1) is 0 Å². The average molecular weight is 1030 g/mol. The van der Waals surface area contributed by atoms with Gasteiger partial charge in [-0.3, -0.25) is 28.9 Å². The van der Waals surface area contributed by atoms with Crippen molar-refractivity contribution in [1.82, 2.24) is 31.1 Å². The van der Waals surface area contributed by atoms with Gasteiger partial charge in [0.25, 0.3) is 5.91 Å². The van der Waals surface area contributed by atoms with Crippen molar-refractivity contribution in [3.8, 4) is 11.5 Å². The van der Waals surface area contributed by atoms with E-state index < -0.39 is 23.2 Å². The van der Waals surface area contributed by atoms with Gasteiger partial charge in [-0.1, -0.05) is 23.8 Å². The lowest BCUT2D eigenvalue weighted by atomic mass is 9.48. The van der Waals surface area contributed by atoms with Gasteiger partial charge >= 0.3 is 0 Å². The number of unbranched alkanes of at least 4 members (excludes halogenated alkanes) is 2. The number of aryl methyl sites for hydroxylation is 2. The van der Waals surface area contributed by atoms with E-state index in [-0.39, 0.29) is 67.8 Å². The number of nitrogens with one attached hydrogen (secondary N) is 5. The minimum absolute atomic E-state index is 0.0225. The molecule has 1 spiro atoms. The SMILES string of the molecule is CCN(CC)C(=O)c1ccc(C(=C2CCNCC2)c2c(C)cc(NC(=O)COCC(=O)NCCCCCNC(=O)COCC(=O)NC3CC[C@@]4(O)[C@H]5Cc6ccc(O)c7c6[C@@]4(CCN5CC4CC4)[C@H]3O7)cc2C)cc1. The summed E-state index contributed by atoms with van der Waals surface area (Å²) in [4.78, 5) is 68.5. The number of rotatable bonds is 23. The second kappa shape index (κ2) is 23.6. The Morgan fingerprint density at radius 2 is 1.43 bits per heavy atom. The number of nitrogens with zero attached hydrogens (tertiary/aromatic N) is 2. The largest absolute Gasteiger partial charge is 0.504 e. The molecule has 3 heterocycles. The minimum Gasteiger partial charge on any atom is -0.504 e. The lowest BCUT2D eigenvalue weighted by molar-refractivity contribution is -0.192. The molecule has 1 unspecified atom stereocenters. The van der Waals surface area contributed by atoms with E-state index in [1.54, 1.807) is 6.07 Å². The lowest BCUT2D eigenvalue weighted by Gasteiger charge is -2.64. The molecule has 17 nitrogen and oxygen atoms in total. The van der Waals surface area contributed by atoms with Crippen LogP contribution in [0.4, 0.5) is 5.69 Å². The zero-order valence-corrected chi connectivity index (χ0v) is 44.2. The van der Waals surface area contributed by atoms with Crippen LogP contribution < -0.4 is 31.3 Å². The number of piperidine rings is 2. The first-order chi connectivity index (χ1) is 36.2. The molecule has 7 N–H and O–H groups in total. The Bertz CT molecular complexity index is 2620. The summed E-state index contributed by atoms with van der Waals surface area (Å²) in [7, 11) is 0. The molecule has 2 bridgehead atoms. The number of hydrogen-bond donors (Lipinski definition) is 7. The van der Waals surface area contributed by atoms with Gasteiger partial charge in [-0.2, -0.15) is 0 Å². The van der Waals surface area contributed by atoms with Crippen LogP contribution in [0.1, 0.15) is 122 Å². The predicted molar refractivity (Wildman–Crippen MR) is 285 cm³/mol. The Labute approximate surface area is 440 Å². The minimum atomic E-state index is -1.04. The Hall–Kier alpha value is -5.85. The van der Waals surface area contributed by atoms with E-state index in [2.05, 4.69) is 31.5 Å². The van der Waals surface area contributed by atoms with Crippen LogP contribution >= 0.6 is 0 Å². The Morgan fingerprint density at radius 1 is 0.800 bits per heavy atom. The number of aliphatic hydroxyl groups is 1. The predicted octanol–water partition coefficient (Wildman–Crippen LogP) is 4.80. The summed E-state index contributed by atoms with van der Waals surface area (Å²) in [6, 6.07) is 15.0. The molecular formula is C58H77N7O10. The highest BCUT2D eigenvalue weighted by atomic mass is 16.5. The number of anilines is 1. The number of hydrogen-bond acceptors (Lipinski definition) is 12. The number of benzene rings is 3. The van der Waals surface area contributed by atoms with Crippen molar-refractivity contribution in [2.75, 3.05) is 84.1 Å². The van der Waals surface area contributed by atoms with Crippen LogP contribution in [0.15, 0.2) is 54.1 Å².